The van der Waals surface area contributed by atoms with E-state index in [-0.39, 0.29) is 0 Å². The second-order valence-corrected chi connectivity index (χ2v) is 4.54. The summed E-state index contributed by atoms with van der Waals surface area (Å²) in [4.78, 5) is 0. The molecular formula is C10H20N2OS. The van der Waals surface area contributed by atoms with E-state index in [1.165, 1.54) is 0 Å². The second-order valence-electron chi connectivity index (χ2n) is 4.14. The van der Waals surface area contributed by atoms with E-state index >= 15 is 0 Å². The molecule has 0 amide bonds. The number of rotatable bonds is 3. The molecule has 3 nitrogen and oxygen atoms in total. The molecule has 1 fully saturated rings. The Morgan fingerprint density at radius 2 is 2.00 bits per heavy atom. The van der Waals surface area contributed by atoms with Gasteiger partial charge in [-0.05, 0) is 37.4 Å². The van der Waals surface area contributed by atoms with Gasteiger partial charge in [-0.25, -0.2) is 0 Å². The van der Waals surface area contributed by atoms with Crippen molar-refractivity contribution in [2.75, 3.05) is 26.3 Å². The number of ether oxygens (including phenoxy) is 1. The van der Waals surface area contributed by atoms with E-state index in [2.05, 4.69) is 17.6 Å². The Kier molecular flexibility index (Phi) is 4.62. The lowest BCUT2D eigenvalue weighted by Gasteiger charge is -2.33. The highest BCUT2D eigenvalue weighted by atomic mass is 32.1. The fourth-order valence-corrected chi connectivity index (χ4v) is 1.77. The van der Waals surface area contributed by atoms with Gasteiger partial charge in [0, 0.05) is 26.3 Å². The summed E-state index contributed by atoms with van der Waals surface area (Å²) in [6.07, 6.45) is 2.24. The van der Waals surface area contributed by atoms with Crippen LogP contribution in [0.25, 0.3) is 0 Å². The van der Waals surface area contributed by atoms with Crippen LogP contribution in [0.1, 0.15) is 26.7 Å². The first-order chi connectivity index (χ1) is 6.66. The molecule has 0 saturated carbocycles. The summed E-state index contributed by atoms with van der Waals surface area (Å²) in [5.41, 5.74) is 0.345. The summed E-state index contributed by atoms with van der Waals surface area (Å²) in [6.45, 7) is 7.92. The third kappa shape index (κ3) is 3.80. The highest BCUT2D eigenvalue weighted by Gasteiger charge is 2.27. The zero-order valence-electron chi connectivity index (χ0n) is 9.06. The highest BCUT2D eigenvalue weighted by Crippen LogP contribution is 2.28. The topological polar surface area (TPSA) is 33.3 Å². The summed E-state index contributed by atoms with van der Waals surface area (Å²) >= 11 is 5.12. The van der Waals surface area contributed by atoms with E-state index in [1.54, 1.807) is 0 Å². The Morgan fingerprint density at radius 1 is 1.36 bits per heavy atom. The number of thiocarbonyl (C=S) groups is 1. The van der Waals surface area contributed by atoms with Crippen LogP contribution in [0.15, 0.2) is 0 Å². The van der Waals surface area contributed by atoms with Gasteiger partial charge in [-0.3, -0.25) is 0 Å². The average Bonchev–Trinajstić information content (AvgIpc) is 2.17. The first-order valence-corrected chi connectivity index (χ1v) is 5.66. The van der Waals surface area contributed by atoms with Gasteiger partial charge in [-0.2, -0.15) is 0 Å². The molecule has 1 aliphatic heterocycles. The van der Waals surface area contributed by atoms with Crippen LogP contribution in [0, 0.1) is 5.41 Å². The van der Waals surface area contributed by atoms with Crippen LogP contribution in [-0.2, 0) is 4.74 Å². The maximum Gasteiger partial charge on any atom is 0.166 e. The fraction of sp³-hybridized carbons (Fsp3) is 0.900. The SMILES string of the molecule is CCNC(=S)NCC1(C)CCOCC1. The Morgan fingerprint density at radius 3 is 2.57 bits per heavy atom. The molecule has 0 unspecified atom stereocenters. The zero-order chi connectivity index (χ0) is 10.4. The van der Waals surface area contributed by atoms with E-state index in [4.69, 9.17) is 17.0 Å². The van der Waals surface area contributed by atoms with Crippen molar-refractivity contribution in [1.29, 1.82) is 0 Å². The predicted molar refractivity (Wildman–Crippen MR) is 62.4 cm³/mol. The van der Waals surface area contributed by atoms with Crippen LogP contribution in [-0.4, -0.2) is 31.4 Å². The Hall–Kier alpha value is -0.350. The van der Waals surface area contributed by atoms with Gasteiger partial charge >= 0.3 is 0 Å². The zero-order valence-corrected chi connectivity index (χ0v) is 9.88. The van der Waals surface area contributed by atoms with E-state index in [0.29, 0.717) is 5.41 Å². The third-order valence-corrected chi connectivity index (χ3v) is 3.00. The largest absolute Gasteiger partial charge is 0.381 e. The van der Waals surface area contributed by atoms with Gasteiger partial charge in [-0.15, -0.1) is 0 Å². The maximum atomic E-state index is 5.34. The lowest BCUT2D eigenvalue weighted by molar-refractivity contribution is 0.0261. The summed E-state index contributed by atoms with van der Waals surface area (Å²) in [7, 11) is 0. The minimum Gasteiger partial charge on any atom is -0.381 e. The van der Waals surface area contributed by atoms with Crippen LogP contribution < -0.4 is 10.6 Å². The number of hydrogen-bond donors (Lipinski definition) is 2. The second kappa shape index (κ2) is 5.51. The molecule has 0 aromatic carbocycles. The van der Waals surface area contributed by atoms with Crippen LogP contribution >= 0.6 is 12.2 Å². The molecule has 1 heterocycles. The van der Waals surface area contributed by atoms with Crippen LogP contribution in [0.5, 0.6) is 0 Å². The molecule has 0 bridgehead atoms. The Labute approximate surface area is 91.6 Å². The van der Waals surface area contributed by atoms with Crippen LogP contribution in [0.2, 0.25) is 0 Å². The van der Waals surface area contributed by atoms with Gasteiger partial charge in [0.05, 0.1) is 0 Å². The molecule has 0 atom stereocenters. The maximum absolute atomic E-state index is 5.34. The minimum absolute atomic E-state index is 0.345. The van der Waals surface area contributed by atoms with Gasteiger partial charge in [0.1, 0.15) is 0 Å². The fourth-order valence-electron chi connectivity index (χ4n) is 1.56. The van der Waals surface area contributed by atoms with Crippen LogP contribution in [0.4, 0.5) is 0 Å². The van der Waals surface area contributed by atoms with E-state index in [1.807, 2.05) is 6.92 Å². The van der Waals surface area contributed by atoms with Crippen molar-refractivity contribution in [2.45, 2.75) is 26.7 Å². The summed E-state index contributed by atoms with van der Waals surface area (Å²) < 4.78 is 5.34. The normalized spacial score (nSPS) is 20.1. The molecule has 14 heavy (non-hydrogen) atoms. The standard InChI is InChI=1S/C10H20N2OS/c1-3-11-9(14)12-8-10(2)4-6-13-7-5-10/h3-8H2,1-2H3,(H2,11,12,14). The highest BCUT2D eigenvalue weighted by molar-refractivity contribution is 7.80. The molecule has 0 aromatic rings. The van der Waals surface area contributed by atoms with Crippen molar-refractivity contribution < 1.29 is 4.74 Å². The predicted octanol–water partition coefficient (Wildman–Crippen LogP) is 1.29. The van der Waals surface area contributed by atoms with E-state index in [0.717, 1.165) is 44.3 Å². The minimum atomic E-state index is 0.345. The van der Waals surface area contributed by atoms with Crippen molar-refractivity contribution in [2.24, 2.45) is 5.41 Å². The summed E-state index contributed by atoms with van der Waals surface area (Å²) in [6, 6.07) is 0. The molecule has 0 spiro atoms. The lowest BCUT2D eigenvalue weighted by Crippen LogP contribution is -2.43. The van der Waals surface area contributed by atoms with E-state index < -0.39 is 0 Å². The van der Waals surface area contributed by atoms with Gasteiger partial charge in [0.2, 0.25) is 0 Å². The molecule has 2 N–H and O–H groups in total. The summed E-state index contributed by atoms with van der Waals surface area (Å²) in [5, 5.41) is 7.11. The van der Waals surface area contributed by atoms with Gasteiger partial charge in [0.15, 0.2) is 5.11 Å². The quantitative estimate of drug-likeness (QED) is 0.697. The molecule has 1 saturated heterocycles. The smallest absolute Gasteiger partial charge is 0.166 e. The van der Waals surface area contributed by atoms with Crippen molar-refractivity contribution in [1.82, 2.24) is 10.6 Å². The van der Waals surface area contributed by atoms with Crippen LogP contribution in [0.3, 0.4) is 0 Å². The van der Waals surface area contributed by atoms with E-state index in [9.17, 15) is 0 Å². The lowest BCUT2D eigenvalue weighted by atomic mass is 9.82. The van der Waals surface area contributed by atoms with Crippen molar-refractivity contribution in [3.8, 4) is 0 Å². The molecule has 1 aliphatic rings. The monoisotopic (exact) mass is 216 g/mol. The van der Waals surface area contributed by atoms with Gasteiger partial charge in [-0.1, -0.05) is 6.92 Å². The first-order valence-electron chi connectivity index (χ1n) is 5.26. The van der Waals surface area contributed by atoms with Crippen molar-refractivity contribution in [3.63, 3.8) is 0 Å². The van der Waals surface area contributed by atoms with Gasteiger partial charge in [0.25, 0.3) is 0 Å². The molecular weight excluding hydrogens is 196 g/mol. The van der Waals surface area contributed by atoms with Crippen molar-refractivity contribution in [3.05, 3.63) is 0 Å². The Balaban J connectivity index is 2.24. The molecule has 1 rings (SSSR count). The van der Waals surface area contributed by atoms with Gasteiger partial charge < -0.3 is 15.4 Å². The average molecular weight is 216 g/mol. The molecule has 4 heteroatoms. The number of hydrogen-bond acceptors (Lipinski definition) is 2. The number of nitrogens with one attached hydrogen (secondary N) is 2. The molecule has 0 aromatic heterocycles. The molecule has 82 valence electrons. The third-order valence-electron chi connectivity index (χ3n) is 2.71. The van der Waals surface area contributed by atoms with Crippen molar-refractivity contribution >= 4 is 17.3 Å². The first kappa shape index (κ1) is 11.7. The molecule has 0 aliphatic carbocycles. The molecule has 0 radical (unpaired) electrons. The Bertz CT molecular complexity index is 191. The summed E-state index contributed by atoms with van der Waals surface area (Å²) in [5.74, 6) is 0.